The van der Waals surface area contributed by atoms with Crippen LogP contribution in [0.15, 0.2) is 36.7 Å². The molecular formula is C19H25N3O. The van der Waals surface area contributed by atoms with Crippen molar-refractivity contribution < 1.29 is 5.11 Å². The Bertz CT molecular complexity index is 681. The molecule has 0 amide bonds. The molecule has 4 nitrogen and oxygen atoms in total. The summed E-state index contributed by atoms with van der Waals surface area (Å²) in [5.41, 5.74) is 2.44. The van der Waals surface area contributed by atoms with Crippen LogP contribution in [0.5, 0.6) is 0 Å². The molecule has 4 heteroatoms. The van der Waals surface area contributed by atoms with Crippen LogP contribution in [0.2, 0.25) is 0 Å². The molecule has 4 rings (SSSR count). The zero-order valence-electron chi connectivity index (χ0n) is 13.7. The lowest BCUT2D eigenvalue weighted by molar-refractivity contribution is 0.0341. The molecule has 2 aromatic rings. The largest absolute Gasteiger partial charge is 0.387 e. The van der Waals surface area contributed by atoms with E-state index in [0.29, 0.717) is 5.92 Å². The zero-order chi connectivity index (χ0) is 15.8. The van der Waals surface area contributed by atoms with E-state index >= 15 is 0 Å². The first kappa shape index (κ1) is 14.9. The number of rotatable bonds is 3. The Labute approximate surface area is 137 Å². The predicted molar refractivity (Wildman–Crippen MR) is 90.1 cm³/mol. The molecular weight excluding hydrogens is 286 g/mol. The average molecular weight is 311 g/mol. The monoisotopic (exact) mass is 311 g/mol. The summed E-state index contributed by atoms with van der Waals surface area (Å²) in [5.74, 6) is 1.81. The highest BCUT2D eigenvalue weighted by molar-refractivity contribution is 5.36. The number of nitrogens with zero attached hydrogens (tertiary/aromatic N) is 3. The Kier molecular flexibility index (Phi) is 3.95. The maximum Gasteiger partial charge on any atom is 0.108 e. The van der Waals surface area contributed by atoms with Crippen molar-refractivity contribution in [2.24, 2.45) is 13.0 Å². The molecule has 23 heavy (non-hydrogen) atoms. The van der Waals surface area contributed by atoms with E-state index in [1.54, 1.807) is 0 Å². The highest BCUT2D eigenvalue weighted by Crippen LogP contribution is 2.36. The van der Waals surface area contributed by atoms with Gasteiger partial charge in [-0.2, -0.15) is 0 Å². The second-order valence-electron chi connectivity index (χ2n) is 7.08. The highest BCUT2D eigenvalue weighted by atomic mass is 16.3. The minimum absolute atomic E-state index is 0.247. The molecule has 1 aliphatic heterocycles. The van der Waals surface area contributed by atoms with Crippen molar-refractivity contribution in [3.63, 3.8) is 0 Å². The first-order chi connectivity index (χ1) is 11.2. The molecule has 3 atom stereocenters. The molecule has 1 saturated heterocycles. The zero-order valence-corrected chi connectivity index (χ0v) is 13.7. The number of likely N-dealkylation sites (tertiary alicyclic amines) is 1. The number of hydrogen-bond donors (Lipinski definition) is 1. The van der Waals surface area contributed by atoms with Crippen molar-refractivity contribution in [2.45, 2.75) is 37.8 Å². The Morgan fingerprint density at radius 2 is 2.17 bits per heavy atom. The van der Waals surface area contributed by atoms with Crippen LogP contribution in [0.25, 0.3) is 0 Å². The van der Waals surface area contributed by atoms with Crippen LogP contribution in [0.3, 0.4) is 0 Å². The maximum absolute atomic E-state index is 10.7. The van der Waals surface area contributed by atoms with Gasteiger partial charge in [0.1, 0.15) is 5.82 Å². The lowest BCUT2D eigenvalue weighted by Crippen LogP contribution is -2.45. The third kappa shape index (κ3) is 2.81. The van der Waals surface area contributed by atoms with Crippen LogP contribution in [-0.2, 0) is 19.9 Å². The Morgan fingerprint density at radius 3 is 2.96 bits per heavy atom. The number of aliphatic hydroxyl groups is 1. The van der Waals surface area contributed by atoms with Crippen LogP contribution < -0.4 is 0 Å². The number of fused-ring (bicyclic) bond motifs is 1. The molecule has 2 aliphatic rings. The van der Waals surface area contributed by atoms with Crippen LogP contribution in [0.4, 0.5) is 0 Å². The Morgan fingerprint density at radius 1 is 1.30 bits per heavy atom. The van der Waals surface area contributed by atoms with E-state index in [0.717, 1.165) is 31.5 Å². The third-order valence-corrected chi connectivity index (χ3v) is 5.58. The topological polar surface area (TPSA) is 41.3 Å². The summed E-state index contributed by atoms with van der Waals surface area (Å²) in [4.78, 5) is 6.99. The summed E-state index contributed by atoms with van der Waals surface area (Å²) in [5, 5.41) is 10.7. The molecule has 0 bridgehead atoms. The van der Waals surface area contributed by atoms with Gasteiger partial charge in [0, 0.05) is 38.4 Å². The van der Waals surface area contributed by atoms with E-state index in [-0.39, 0.29) is 12.1 Å². The second kappa shape index (κ2) is 6.10. The quantitative estimate of drug-likeness (QED) is 0.946. The van der Waals surface area contributed by atoms with E-state index in [4.69, 9.17) is 0 Å². The van der Waals surface area contributed by atoms with Crippen molar-refractivity contribution in [2.75, 3.05) is 13.1 Å². The normalized spacial score (nSPS) is 28.0. The molecule has 122 valence electrons. The average Bonchev–Trinajstić information content (AvgIpc) is 3.12. The molecule has 1 aliphatic carbocycles. The Balaban J connectivity index is 1.45. The van der Waals surface area contributed by atoms with Gasteiger partial charge in [-0.25, -0.2) is 4.98 Å². The van der Waals surface area contributed by atoms with Gasteiger partial charge in [0.2, 0.25) is 0 Å². The lowest BCUT2D eigenvalue weighted by Gasteiger charge is -2.38. The SMILES string of the molecule is Cn1ccnc1CC1CCCN(C2Cc3ccccc3C2O)C1. The van der Waals surface area contributed by atoms with Gasteiger partial charge in [-0.05, 0) is 42.9 Å². The summed E-state index contributed by atoms with van der Waals surface area (Å²) in [6.07, 6.45) is 8.06. The van der Waals surface area contributed by atoms with Crippen molar-refractivity contribution in [3.05, 3.63) is 53.6 Å². The first-order valence-corrected chi connectivity index (χ1v) is 8.68. The van der Waals surface area contributed by atoms with Crippen molar-refractivity contribution >= 4 is 0 Å². The van der Waals surface area contributed by atoms with Gasteiger partial charge in [0.15, 0.2) is 0 Å². The number of aliphatic hydroxyl groups excluding tert-OH is 1. The van der Waals surface area contributed by atoms with E-state index in [1.165, 1.54) is 24.2 Å². The van der Waals surface area contributed by atoms with E-state index in [2.05, 4.69) is 39.7 Å². The second-order valence-corrected chi connectivity index (χ2v) is 7.08. The van der Waals surface area contributed by atoms with Crippen LogP contribution >= 0.6 is 0 Å². The number of hydrogen-bond acceptors (Lipinski definition) is 3. The molecule has 0 radical (unpaired) electrons. The number of piperidine rings is 1. The number of aryl methyl sites for hydroxylation is 1. The summed E-state index contributed by atoms with van der Waals surface area (Å²) < 4.78 is 2.12. The van der Waals surface area contributed by atoms with Gasteiger partial charge in [0.05, 0.1) is 6.10 Å². The number of aromatic nitrogens is 2. The smallest absolute Gasteiger partial charge is 0.108 e. The summed E-state index contributed by atoms with van der Waals surface area (Å²) in [7, 11) is 2.07. The molecule has 1 aromatic heterocycles. The molecule has 1 N–H and O–H groups in total. The van der Waals surface area contributed by atoms with Crippen LogP contribution in [0, 0.1) is 5.92 Å². The van der Waals surface area contributed by atoms with Gasteiger partial charge >= 0.3 is 0 Å². The summed E-state index contributed by atoms with van der Waals surface area (Å²) in [6, 6.07) is 8.60. The fourth-order valence-corrected chi connectivity index (χ4v) is 4.30. The molecule has 2 heterocycles. The third-order valence-electron chi connectivity index (χ3n) is 5.58. The van der Waals surface area contributed by atoms with E-state index in [1.807, 2.05) is 18.5 Å². The van der Waals surface area contributed by atoms with Gasteiger partial charge in [-0.1, -0.05) is 24.3 Å². The van der Waals surface area contributed by atoms with Crippen LogP contribution in [0.1, 0.15) is 35.9 Å². The van der Waals surface area contributed by atoms with Gasteiger partial charge in [0.25, 0.3) is 0 Å². The number of benzene rings is 1. The van der Waals surface area contributed by atoms with Crippen molar-refractivity contribution in [3.8, 4) is 0 Å². The fourth-order valence-electron chi connectivity index (χ4n) is 4.30. The van der Waals surface area contributed by atoms with Gasteiger partial charge < -0.3 is 9.67 Å². The van der Waals surface area contributed by atoms with Crippen molar-refractivity contribution in [1.82, 2.24) is 14.5 Å². The molecule has 1 fully saturated rings. The highest BCUT2D eigenvalue weighted by Gasteiger charge is 2.36. The minimum atomic E-state index is -0.335. The first-order valence-electron chi connectivity index (χ1n) is 8.68. The molecule has 1 aromatic carbocycles. The molecule has 0 saturated carbocycles. The summed E-state index contributed by atoms with van der Waals surface area (Å²) in [6.45, 7) is 2.18. The van der Waals surface area contributed by atoms with Crippen molar-refractivity contribution in [1.29, 1.82) is 0 Å². The fraction of sp³-hybridized carbons (Fsp3) is 0.526. The molecule has 0 spiro atoms. The predicted octanol–water partition coefficient (Wildman–Crippen LogP) is 2.33. The molecule has 3 unspecified atom stereocenters. The van der Waals surface area contributed by atoms with E-state index in [9.17, 15) is 5.11 Å². The maximum atomic E-state index is 10.7. The van der Waals surface area contributed by atoms with Gasteiger partial charge in [-0.15, -0.1) is 0 Å². The van der Waals surface area contributed by atoms with Gasteiger partial charge in [-0.3, -0.25) is 4.90 Å². The minimum Gasteiger partial charge on any atom is -0.387 e. The standard InChI is InChI=1S/C19H25N3O/c1-21-10-8-20-18(21)11-14-5-4-9-22(13-14)17-12-15-6-2-3-7-16(15)19(17)23/h2-3,6-8,10,14,17,19,23H,4-5,9,11-13H2,1H3. The van der Waals surface area contributed by atoms with Crippen LogP contribution in [-0.4, -0.2) is 38.7 Å². The number of imidazole rings is 1. The Hall–Kier alpha value is -1.65. The van der Waals surface area contributed by atoms with E-state index < -0.39 is 0 Å². The lowest BCUT2D eigenvalue weighted by atomic mass is 9.92. The summed E-state index contributed by atoms with van der Waals surface area (Å²) >= 11 is 0.